The van der Waals surface area contributed by atoms with Gasteiger partial charge in [0.15, 0.2) is 17.8 Å². The SMILES string of the molecule is C=CCOCCCCCC1COC(CCc2ccc(CCc3ccc(OC(=O)c4ccc(OC(=O)CCCC)c(OC)c4)c(Cl)c3)c(/C=N/N(c3nc4ccccc4s3)S(=O)(=O)c3ccc(C)cc3)c2)OC1. The summed E-state index contributed by atoms with van der Waals surface area (Å²) in [6, 6.07) is 30.0. The molecule has 0 spiro atoms. The van der Waals surface area contributed by atoms with E-state index < -0.39 is 16.0 Å². The number of esters is 2. The zero-order valence-electron chi connectivity index (χ0n) is 41.1. The normalized spacial score (nSPS) is 14.9. The number of carbonyl (C=O) groups is 2. The summed E-state index contributed by atoms with van der Waals surface area (Å²) in [7, 11) is -2.77. The lowest BCUT2D eigenvalue weighted by atomic mass is 9.96. The van der Waals surface area contributed by atoms with Gasteiger partial charge in [-0.25, -0.2) is 9.78 Å². The Morgan fingerprint density at radius 2 is 1.62 bits per heavy atom. The first kappa shape index (κ1) is 53.8. The number of hydrogen-bond acceptors (Lipinski definition) is 13. The number of rotatable bonds is 26. The summed E-state index contributed by atoms with van der Waals surface area (Å²) in [5.41, 5.74) is 5.31. The first-order valence-electron chi connectivity index (χ1n) is 24.4. The van der Waals surface area contributed by atoms with Gasteiger partial charge < -0.3 is 28.4 Å². The van der Waals surface area contributed by atoms with Gasteiger partial charge in [-0.3, -0.25) is 4.79 Å². The molecular formula is C56H62ClN3O10S2. The zero-order valence-corrected chi connectivity index (χ0v) is 43.4. The maximum atomic E-state index is 14.4. The van der Waals surface area contributed by atoms with Crippen molar-refractivity contribution in [2.75, 3.05) is 38.0 Å². The molecule has 7 rings (SSSR count). The Balaban J connectivity index is 1.07. The van der Waals surface area contributed by atoms with Gasteiger partial charge in [0.2, 0.25) is 5.13 Å². The summed E-state index contributed by atoms with van der Waals surface area (Å²) in [6.45, 7) is 10.2. The largest absolute Gasteiger partial charge is 0.493 e. The summed E-state index contributed by atoms with van der Waals surface area (Å²) >= 11 is 7.97. The summed E-state index contributed by atoms with van der Waals surface area (Å²) in [6.07, 6.45) is 11.5. The zero-order chi connectivity index (χ0) is 50.9. The average molecular weight is 1040 g/mol. The van der Waals surface area contributed by atoms with Gasteiger partial charge in [-0.2, -0.15) is 13.5 Å². The quantitative estimate of drug-likeness (QED) is 0.0127. The number of aryl methyl sites for hydroxylation is 4. The van der Waals surface area contributed by atoms with Gasteiger partial charge in [0.25, 0.3) is 10.0 Å². The lowest BCUT2D eigenvalue weighted by Gasteiger charge is -2.29. The van der Waals surface area contributed by atoms with Crippen LogP contribution in [0.15, 0.2) is 126 Å². The van der Waals surface area contributed by atoms with Crippen LogP contribution in [-0.2, 0) is 48.3 Å². The van der Waals surface area contributed by atoms with Gasteiger partial charge in [0, 0.05) is 25.4 Å². The molecule has 380 valence electrons. The fourth-order valence-corrected chi connectivity index (χ4v) is 10.6. The van der Waals surface area contributed by atoms with E-state index in [2.05, 4.69) is 12.6 Å². The molecule has 0 amide bonds. The highest BCUT2D eigenvalue weighted by Gasteiger charge is 2.28. The predicted octanol–water partition coefficient (Wildman–Crippen LogP) is 12.3. The van der Waals surface area contributed by atoms with Crippen LogP contribution >= 0.6 is 22.9 Å². The molecule has 72 heavy (non-hydrogen) atoms. The Bertz CT molecular complexity index is 2880. The van der Waals surface area contributed by atoms with Crippen LogP contribution in [0.1, 0.15) is 96.5 Å². The lowest BCUT2D eigenvalue weighted by Crippen LogP contribution is -2.32. The van der Waals surface area contributed by atoms with Crippen molar-refractivity contribution in [3.63, 3.8) is 0 Å². The molecule has 13 nitrogen and oxygen atoms in total. The molecule has 0 radical (unpaired) electrons. The molecule has 1 saturated heterocycles. The Hall–Kier alpha value is -5.94. The minimum absolute atomic E-state index is 0.0890. The summed E-state index contributed by atoms with van der Waals surface area (Å²) < 4.78 is 65.1. The monoisotopic (exact) mass is 1040 g/mol. The molecule has 0 unspecified atom stereocenters. The lowest BCUT2D eigenvalue weighted by molar-refractivity contribution is -0.203. The molecule has 1 aliphatic rings. The average Bonchev–Trinajstić information content (AvgIpc) is 3.82. The summed E-state index contributed by atoms with van der Waals surface area (Å²) in [5.74, 6) is -0.0984. The number of anilines is 1. The highest BCUT2D eigenvalue weighted by Crippen LogP contribution is 2.34. The number of aromatic nitrogens is 1. The van der Waals surface area contributed by atoms with E-state index in [0.717, 1.165) is 75.6 Å². The summed E-state index contributed by atoms with van der Waals surface area (Å²) in [4.78, 5) is 30.3. The second kappa shape index (κ2) is 26.7. The molecule has 5 aromatic carbocycles. The molecule has 1 aromatic heterocycles. The number of hydrogen-bond donors (Lipinski definition) is 0. The number of ether oxygens (including phenoxy) is 6. The van der Waals surface area contributed by atoms with E-state index in [0.29, 0.717) is 63.4 Å². The molecule has 0 aliphatic carbocycles. The first-order chi connectivity index (χ1) is 34.9. The standard InChI is InChI=1S/C56H62ClN3O10S2/c1-5-7-16-53(61)69-50-29-25-44(35-51(50)65-4)55(62)70-49-28-21-41(34-47(49)57)20-24-43-23-19-40(22-30-54-67-37-42(38-68-54)13-9-8-12-32-66-31-6-2)33-45(43)36-58-60(56-59-48-14-10-11-15-52(48)71-56)72(63,64)46-26-17-39(3)18-27-46/h6,10-11,14-15,17-19,21,23,25-29,33-36,42,54H,2,5,7-9,12-13,16,20,22,24,30-32,37-38H2,1,3-4H3/b58-36+. The molecule has 1 fully saturated rings. The van der Waals surface area contributed by atoms with Gasteiger partial charge in [-0.1, -0.05) is 103 Å². The maximum absolute atomic E-state index is 14.4. The Morgan fingerprint density at radius 1 is 0.861 bits per heavy atom. The van der Waals surface area contributed by atoms with E-state index in [1.54, 1.807) is 48.7 Å². The number of carbonyl (C=O) groups excluding carboxylic acids is 2. The van der Waals surface area contributed by atoms with Crippen LogP contribution in [0.3, 0.4) is 0 Å². The second-order valence-electron chi connectivity index (χ2n) is 17.6. The Kier molecular flexibility index (Phi) is 19.9. The van der Waals surface area contributed by atoms with Gasteiger partial charge in [0.05, 0.1) is 58.8 Å². The second-order valence-corrected chi connectivity index (χ2v) is 20.8. The fraction of sp³-hybridized carbons (Fsp3) is 0.357. The molecule has 0 atom stereocenters. The van der Waals surface area contributed by atoms with Crippen LogP contribution in [0.2, 0.25) is 5.02 Å². The van der Waals surface area contributed by atoms with Gasteiger partial charge in [-0.15, -0.1) is 11.0 Å². The Labute approximate surface area is 431 Å². The van der Waals surface area contributed by atoms with E-state index in [-0.39, 0.29) is 56.5 Å². The number of methoxy groups -OCH3 is 1. The molecule has 16 heteroatoms. The number of halogens is 1. The topological polar surface area (TPSA) is 152 Å². The number of nitrogens with zero attached hydrogens (tertiary/aromatic N) is 3. The Morgan fingerprint density at radius 3 is 2.38 bits per heavy atom. The van der Waals surface area contributed by atoms with Crippen molar-refractivity contribution in [2.24, 2.45) is 11.0 Å². The van der Waals surface area contributed by atoms with Crippen LogP contribution in [0.4, 0.5) is 5.13 Å². The van der Waals surface area contributed by atoms with Crippen LogP contribution in [0, 0.1) is 12.8 Å². The number of unbranched alkanes of at least 4 members (excludes halogenated alkanes) is 3. The number of fused-ring (bicyclic) bond motifs is 1. The molecule has 0 saturated carbocycles. The molecule has 0 N–H and O–H groups in total. The van der Waals surface area contributed by atoms with Crippen molar-refractivity contribution in [1.29, 1.82) is 0 Å². The van der Waals surface area contributed by atoms with E-state index in [9.17, 15) is 18.0 Å². The van der Waals surface area contributed by atoms with Crippen molar-refractivity contribution < 1.29 is 46.4 Å². The highest BCUT2D eigenvalue weighted by atomic mass is 35.5. The molecular weight excluding hydrogens is 974 g/mol. The predicted molar refractivity (Wildman–Crippen MR) is 283 cm³/mol. The van der Waals surface area contributed by atoms with Gasteiger partial charge in [0.1, 0.15) is 5.75 Å². The third-order valence-corrected chi connectivity index (χ3v) is 15.1. The van der Waals surface area contributed by atoms with Crippen LogP contribution in [0.25, 0.3) is 10.2 Å². The number of thiazole rings is 1. The maximum Gasteiger partial charge on any atom is 0.343 e. The third-order valence-electron chi connectivity index (χ3n) is 12.1. The number of sulfonamides is 1. The van der Waals surface area contributed by atoms with Crippen molar-refractivity contribution in [3.8, 4) is 17.2 Å². The number of hydrazone groups is 1. The van der Waals surface area contributed by atoms with Crippen LogP contribution in [-0.4, -0.2) is 71.4 Å². The number of benzene rings is 5. The smallest absolute Gasteiger partial charge is 0.343 e. The molecule has 1 aliphatic heterocycles. The van der Waals surface area contributed by atoms with Crippen molar-refractivity contribution in [2.45, 2.75) is 95.7 Å². The third kappa shape index (κ3) is 15.1. The highest BCUT2D eigenvalue weighted by molar-refractivity contribution is 7.93. The summed E-state index contributed by atoms with van der Waals surface area (Å²) in [5, 5.41) is 5.17. The minimum atomic E-state index is -4.19. The van der Waals surface area contributed by atoms with Crippen LogP contribution in [0.5, 0.6) is 17.2 Å². The van der Waals surface area contributed by atoms with E-state index in [1.807, 2.05) is 56.3 Å². The van der Waals surface area contributed by atoms with Gasteiger partial charge in [-0.05, 0) is 128 Å². The van der Waals surface area contributed by atoms with Crippen molar-refractivity contribution in [3.05, 3.63) is 154 Å². The molecule has 0 bridgehead atoms. The number of para-hydroxylation sites is 1. The van der Waals surface area contributed by atoms with Crippen molar-refractivity contribution in [1.82, 2.24) is 4.98 Å². The first-order valence-corrected chi connectivity index (χ1v) is 27.0. The van der Waals surface area contributed by atoms with Crippen LogP contribution < -0.4 is 18.6 Å². The fourth-order valence-electron chi connectivity index (χ4n) is 8.00. The molecule has 6 aromatic rings. The van der Waals surface area contributed by atoms with E-state index in [1.165, 1.54) is 36.6 Å². The van der Waals surface area contributed by atoms with E-state index >= 15 is 0 Å². The van der Waals surface area contributed by atoms with Crippen molar-refractivity contribution >= 4 is 66.5 Å². The van der Waals surface area contributed by atoms with Gasteiger partial charge >= 0.3 is 11.9 Å². The molecule has 2 heterocycles. The van der Waals surface area contributed by atoms with E-state index in [4.69, 9.17) is 50.1 Å². The minimum Gasteiger partial charge on any atom is -0.493 e.